The minimum Gasteiger partial charge on any atom is -0.404 e. The van der Waals surface area contributed by atoms with Crippen LogP contribution in [0.1, 0.15) is 29.8 Å². The molecule has 3 N–H and O–H groups in total. The van der Waals surface area contributed by atoms with Gasteiger partial charge >= 0.3 is 6.36 Å². The van der Waals surface area contributed by atoms with Gasteiger partial charge in [-0.25, -0.2) is 14.0 Å². The first-order valence-corrected chi connectivity index (χ1v) is 9.44. The standard InChI is InChI=1S/C14H18F3N5O4S/c1-4-22-13(19-20-21-22)18-12(23)9-6-7-10(26-14(15,16)17)11(8(9)3)27(24,25)5-2/h6-7,20-21H,4-5H2,1-3H3,(H,18,19,23). The van der Waals surface area contributed by atoms with Crippen LogP contribution in [0, 0.1) is 6.92 Å². The Kier molecular flexibility index (Phi) is 5.85. The van der Waals surface area contributed by atoms with E-state index in [1.807, 2.05) is 0 Å². The smallest absolute Gasteiger partial charge is 0.404 e. The van der Waals surface area contributed by atoms with Crippen LogP contribution in [0.4, 0.5) is 13.2 Å². The zero-order valence-electron chi connectivity index (χ0n) is 14.6. The highest BCUT2D eigenvalue weighted by molar-refractivity contribution is 7.91. The zero-order valence-corrected chi connectivity index (χ0v) is 15.5. The maximum absolute atomic E-state index is 12.6. The quantitative estimate of drug-likeness (QED) is 0.666. The van der Waals surface area contributed by atoms with Gasteiger partial charge in [0.25, 0.3) is 5.91 Å². The molecule has 150 valence electrons. The van der Waals surface area contributed by atoms with Gasteiger partial charge in [-0.3, -0.25) is 15.1 Å². The van der Waals surface area contributed by atoms with Gasteiger partial charge in [-0.1, -0.05) is 6.92 Å². The number of hydrogen-bond donors (Lipinski definition) is 3. The number of alkyl halides is 3. The van der Waals surface area contributed by atoms with E-state index in [1.54, 1.807) is 6.92 Å². The summed E-state index contributed by atoms with van der Waals surface area (Å²) >= 11 is 0. The van der Waals surface area contributed by atoms with Gasteiger partial charge in [0, 0.05) is 12.1 Å². The molecule has 13 heteroatoms. The number of nitrogens with one attached hydrogen (secondary N) is 3. The average molecular weight is 409 g/mol. The van der Waals surface area contributed by atoms with E-state index >= 15 is 0 Å². The molecule has 1 heterocycles. The van der Waals surface area contributed by atoms with Crippen LogP contribution in [0.25, 0.3) is 0 Å². The molecule has 27 heavy (non-hydrogen) atoms. The lowest BCUT2D eigenvalue weighted by atomic mass is 10.1. The number of hydrazine groups is 2. The van der Waals surface area contributed by atoms with Crippen LogP contribution in [-0.2, 0) is 9.84 Å². The van der Waals surface area contributed by atoms with Gasteiger partial charge in [0.05, 0.1) is 5.75 Å². The first-order chi connectivity index (χ1) is 12.5. The topological polar surface area (TPSA) is 112 Å². The molecule has 0 atom stereocenters. The number of benzene rings is 1. The van der Waals surface area contributed by atoms with Crippen molar-refractivity contribution < 1.29 is 31.1 Å². The van der Waals surface area contributed by atoms with Crippen LogP contribution < -0.4 is 21.1 Å². The fourth-order valence-corrected chi connectivity index (χ4v) is 3.67. The molecule has 1 aliphatic rings. The molecule has 0 saturated carbocycles. The summed E-state index contributed by atoms with van der Waals surface area (Å²) < 4.78 is 66.3. The lowest BCUT2D eigenvalue weighted by molar-refractivity contribution is -0.275. The maximum Gasteiger partial charge on any atom is 0.573 e. The van der Waals surface area contributed by atoms with E-state index in [0.29, 0.717) is 6.54 Å². The number of hydrogen-bond acceptors (Lipinski definition) is 8. The number of sulfone groups is 1. The predicted octanol–water partition coefficient (Wildman–Crippen LogP) is 1.03. The Hall–Kier alpha value is -2.54. The highest BCUT2D eigenvalue weighted by Gasteiger charge is 2.35. The minimum absolute atomic E-state index is 0.123. The molecular formula is C14H18F3N5O4S. The fourth-order valence-electron chi connectivity index (χ4n) is 2.39. The molecule has 0 fully saturated rings. The number of guanidine groups is 1. The van der Waals surface area contributed by atoms with Crippen molar-refractivity contribution in [2.45, 2.75) is 32.0 Å². The van der Waals surface area contributed by atoms with Gasteiger partial charge in [-0.15, -0.1) is 23.8 Å². The molecule has 1 aromatic rings. The Morgan fingerprint density at radius 1 is 1.33 bits per heavy atom. The van der Waals surface area contributed by atoms with E-state index in [0.717, 1.165) is 12.1 Å². The highest BCUT2D eigenvalue weighted by Crippen LogP contribution is 2.34. The van der Waals surface area contributed by atoms with E-state index < -0.39 is 38.5 Å². The summed E-state index contributed by atoms with van der Waals surface area (Å²) in [5.41, 5.74) is 4.79. The molecule has 9 nitrogen and oxygen atoms in total. The second-order valence-corrected chi connectivity index (χ2v) is 7.59. The number of ether oxygens (including phenoxy) is 1. The number of hydrazone groups is 1. The summed E-state index contributed by atoms with van der Waals surface area (Å²) in [6.45, 7) is 4.74. The van der Waals surface area contributed by atoms with E-state index in [2.05, 4.69) is 26.2 Å². The summed E-state index contributed by atoms with van der Waals surface area (Å²) in [4.78, 5) is 11.8. The van der Waals surface area contributed by atoms with Crippen molar-refractivity contribution in [2.24, 2.45) is 5.10 Å². The normalized spacial score (nSPS) is 14.6. The lowest BCUT2D eigenvalue weighted by Gasteiger charge is -2.19. The molecule has 0 aliphatic carbocycles. The van der Waals surface area contributed by atoms with Crippen molar-refractivity contribution in [2.75, 3.05) is 12.3 Å². The second kappa shape index (κ2) is 7.60. The van der Waals surface area contributed by atoms with Crippen molar-refractivity contribution in [3.8, 4) is 5.75 Å². The molecule has 1 amide bonds. The fraction of sp³-hybridized carbons (Fsp3) is 0.429. The first kappa shape index (κ1) is 20.8. The summed E-state index contributed by atoms with van der Waals surface area (Å²) in [5.74, 6) is -1.95. The summed E-state index contributed by atoms with van der Waals surface area (Å²) in [6.07, 6.45) is -5.08. The Balaban J connectivity index is 2.47. The van der Waals surface area contributed by atoms with Crippen molar-refractivity contribution in [3.63, 3.8) is 0 Å². The minimum atomic E-state index is -5.08. The number of halogens is 3. The Bertz CT molecular complexity index is 870. The summed E-state index contributed by atoms with van der Waals surface area (Å²) in [5, 5.41) is 7.71. The van der Waals surface area contributed by atoms with Gasteiger partial charge in [0.2, 0.25) is 5.96 Å². The first-order valence-electron chi connectivity index (χ1n) is 7.79. The molecule has 0 radical (unpaired) electrons. The third-order valence-corrected chi connectivity index (χ3v) is 5.56. The highest BCUT2D eigenvalue weighted by atomic mass is 32.2. The van der Waals surface area contributed by atoms with Crippen LogP contribution in [0.3, 0.4) is 0 Å². The van der Waals surface area contributed by atoms with Crippen LogP contribution in [0.5, 0.6) is 5.75 Å². The Morgan fingerprint density at radius 3 is 2.56 bits per heavy atom. The SMILES string of the molecule is CCN1NNN=C1NC(=O)c1ccc(OC(F)(F)F)c(S(=O)(=O)CC)c1C. The van der Waals surface area contributed by atoms with Crippen LogP contribution >= 0.6 is 0 Å². The molecule has 0 spiro atoms. The van der Waals surface area contributed by atoms with Crippen LogP contribution in [-0.4, -0.2) is 44.0 Å². The predicted molar refractivity (Wildman–Crippen MR) is 89.1 cm³/mol. The van der Waals surface area contributed by atoms with Crippen LogP contribution in [0.2, 0.25) is 0 Å². The molecule has 1 aliphatic heterocycles. The summed E-state index contributed by atoms with van der Waals surface area (Å²) in [6, 6.07) is 1.87. The molecule has 0 aromatic heterocycles. The van der Waals surface area contributed by atoms with Crippen LogP contribution in [0.15, 0.2) is 22.1 Å². The number of carbonyl (C=O) groups excluding carboxylic acids is 1. The van der Waals surface area contributed by atoms with Crippen molar-refractivity contribution >= 4 is 21.7 Å². The third kappa shape index (κ3) is 4.60. The third-order valence-electron chi connectivity index (χ3n) is 3.68. The van der Waals surface area contributed by atoms with Gasteiger partial charge in [-0.2, -0.15) is 0 Å². The Labute approximate surface area is 153 Å². The monoisotopic (exact) mass is 409 g/mol. The summed E-state index contributed by atoms with van der Waals surface area (Å²) in [7, 11) is -4.10. The molecule has 0 saturated heterocycles. The largest absolute Gasteiger partial charge is 0.573 e. The van der Waals surface area contributed by atoms with Crippen molar-refractivity contribution in [1.29, 1.82) is 0 Å². The zero-order chi connectivity index (χ0) is 20.4. The van der Waals surface area contributed by atoms with E-state index in [-0.39, 0.29) is 17.1 Å². The molecule has 1 aromatic carbocycles. The van der Waals surface area contributed by atoms with E-state index in [9.17, 15) is 26.4 Å². The van der Waals surface area contributed by atoms with Gasteiger partial charge in [0.15, 0.2) is 9.84 Å². The molecule has 2 rings (SSSR count). The molecule has 0 bridgehead atoms. The number of nitrogens with zero attached hydrogens (tertiary/aromatic N) is 2. The van der Waals surface area contributed by atoms with Crippen molar-refractivity contribution in [1.82, 2.24) is 21.4 Å². The van der Waals surface area contributed by atoms with E-state index in [1.165, 1.54) is 18.9 Å². The maximum atomic E-state index is 12.6. The van der Waals surface area contributed by atoms with Gasteiger partial charge in [-0.05, 0) is 31.5 Å². The van der Waals surface area contributed by atoms with Crippen molar-refractivity contribution in [3.05, 3.63) is 23.3 Å². The van der Waals surface area contributed by atoms with Gasteiger partial charge < -0.3 is 4.74 Å². The number of rotatable bonds is 5. The van der Waals surface area contributed by atoms with Gasteiger partial charge in [0.1, 0.15) is 10.6 Å². The average Bonchev–Trinajstić information content (AvgIpc) is 3.00. The lowest BCUT2D eigenvalue weighted by Crippen LogP contribution is -2.47. The number of amides is 1. The number of carbonyl (C=O) groups is 1. The molecular weight excluding hydrogens is 391 g/mol. The second-order valence-electron chi connectivity index (χ2n) is 5.37. The van der Waals surface area contributed by atoms with E-state index in [4.69, 9.17) is 0 Å². The molecule has 0 unspecified atom stereocenters. The Morgan fingerprint density at radius 2 is 2.00 bits per heavy atom.